The number of amides is 1. The summed E-state index contributed by atoms with van der Waals surface area (Å²) in [4.78, 5) is 12.0. The van der Waals surface area contributed by atoms with E-state index in [9.17, 15) is 9.18 Å². The number of fused-ring (bicyclic) bond motifs is 2. The second-order valence-electron chi connectivity index (χ2n) is 4.67. The van der Waals surface area contributed by atoms with Crippen molar-refractivity contribution in [3.63, 3.8) is 0 Å². The molecule has 4 heteroatoms. The Morgan fingerprint density at radius 1 is 1.42 bits per heavy atom. The Balaban J connectivity index is 2.20. The van der Waals surface area contributed by atoms with Crippen LogP contribution in [0.25, 0.3) is 10.8 Å². The third-order valence-corrected chi connectivity index (χ3v) is 3.41. The van der Waals surface area contributed by atoms with E-state index in [2.05, 4.69) is 5.32 Å². The van der Waals surface area contributed by atoms with E-state index in [0.29, 0.717) is 23.2 Å². The van der Waals surface area contributed by atoms with Crippen LogP contribution in [0.4, 0.5) is 4.39 Å². The highest BCUT2D eigenvalue weighted by atomic mass is 19.1. The van der Waals surface area contributed by atoms with E-state index in [1.807, 2.05) is 13.0 Å². The number of nitrogens with one attached hydrogen (secondary N) is 1. The fourth-order valence-corrected chi connectivity index (χ4v) is 2.29. The van der Waals surface area contributed by atoms with E-state index in [0.717, 1.165) is 11.8 Å². The summed E-state index contributed by atoms with van der Waals surface area (Å²) in [6.45, 7) is 2.48. The zero-order valence-corrected chi connectivity index (χ0v) is 10.6. The third kappa shape index (κ3) is 2.03. The van der Waals surface area contributed by atoms with Crippen LogP contribution in [0.1, 0.15) is 23.7 Å². The summed E-state index contributed by atoms with van der Waals surface area (Å²) in [5.41, 5.74) is 0.397. The van der Waals surface area contributed by atoms with Gasteiger partial charge in [0.2, 0.25) is 0 Å². The Labute approximate surface area is 110 Å². The molecule has 1 N–H and O–H groups in total. The van der Waals surface area contributed by atoms with Gasteiger partial charge in [-0.2, -0.15) is 0 Å². The minimum atomic E-state index is -0.329. The maximum absolute atomic E-state index is 13.8. The molecular weight excluding hydrogens is 245 g/mol. The van der Waals surface area contributed by atoms with Crippen LogP contribution in [0.15, 0.2) is 30.3 Å². The van der Waals surface area contributed by atoms with Gasteiger partial charge in [0.25, 0.3) is 5.91 Å². The molecule has 0 aromatic heterocycles. The van der Waals surface area contributed by atoms with Crippen LogP contribution >= 0.6 is 0 Å². The Morgan fingerprint density at radius 3 is 3.05 bits per heavy atom. The molecule has 0 saturated heterocycles. The van der Waals surface area contributed by atoms with Gasteiger partial charge in [-0.25, -0.2) is 4.39 Å². The summed E-state index contributed by atoms with van der Waals surface area (Å²) in [5.74, 6) is -0.0135. The maximum Gasteiger partial charge on any atom is 0.255 e. The Kier molecular flexibility index (Phi) is 2.85. The lowest BCUT2D eigenvalue weighted by Crippen LogP contribution is -2.31. The second-order valence-corrected chi connectivity index (χ2v) is 4.67. The first-order valence-electron chi connectivity index (χ1n) is 6.36. The number of hydrogen-bond acceptors (Lipinski definition) is 2. The smallest absolute Gasteiger partial charge is 0.255 e. The number of carbonyl (C=O) groups excluding carboxylic acids is 1. The topological polar surface area (TPSA) is 38.3 Å². The van der Waals surface area contributed by atoms with Crippen LogP contribution < -0.4 is 10.1 Å². The number of ether oxygens (including phenoxy) is 1. The van der Waals surface area contributed by atoms with Crippen molar-refractivity contribution in [1.29, 1.82) is 0 Å². The van der Waals surface area contributed by atoms with Crippen molar-refractivity contribution in [2.24, 2.45) is 0 Å². The summed E-state index contributed by atoms with van der Waals surface area (Å²) in [7, 11) is 0. The highest BCUT2D eigenvalue weighted by molar-refractivity contribution is 6.02. The van der Waals surface area contributed by atoms with Gasteiger partial charge in [0.05, 0.1) is 12.1 Å². The molecule has 0 bridgehead atoms. The number of carbonyl (C=O) groups is 1. The Morgan fingerprint density at radius 2 is 2.26 bits per heavy atom. The van der Waals surface area contributed by atoms with Gasteiger partial charge in [0.1, 0.15) is 17.7 Å². The van der Waals surface area contributed by atoms with Crippen LogP contribution in [-0.2, 0) is 0 Å². The molecule has 0 saturated carbocycles. The molecule has 0 unspecified atom stereocenters. The van der Waals surface area contributed by atoms with Gasteiger partial charge in [-0.3, -0.25) is 4.79 Å². The molecule has 3 nitrogen and oxygen atoms in total. The molecule has 0 fully saturated rings. The average Bonchev–Trinajstić information content (AvgIpc) is 2.57. The molecule has 1 aliphatic rings. The van der Waals surface area contributed by atoms with Crippen molar-refractivity contribution in [3.05, 3.63) is 41.7 Å². The predicted molar refractivity (Wildman–Crippen MR) is 70.9 cm³/mol. The molecule has 1 atom stereocenters. The van der Waals surface area contributed by atoms with Gasteiger partial charge in [-0.1, -0.05) is 19.1 Å². The van der Waals surface area contributed by atoms with Crippen molar-refractivity contribution < 1.29 is 13.9 Å². The SMILES string of the molecule is CC[C@@H]1CNC(=O)c2cc3c(F)cccc3cc2O1. The number of rotatable bonds is 1. The van der Waals surface area contributed by atoms with Crippen LogP contribution in [0.5, 0.6) is 5.75 Å². The minimum absolute atomic E-state index is 0.0452. The summed E-state index contributed by atoms with van der Waals surface area (Å²) in [5, 5.41) is 3.98. The standard InChI is InChI=1S/C15H14FNO2/c1-2-10-8-17-15(18)12-7-11-9(6-14(12)19-10)4-3-5-13(11)16/h3-7,10H,2,8H2,1H3,(H,17,18)/t10-/m1/s1. The molecular formula is C15H14FNO2. The highest BCUT2D eigenvalue weighted by Gasteiger charge is 2.22. The average molecular weight is 259 g/mol. The van der Waals surface area contributed by atoms with Gasteiger partial charge in [0.15, 0.2) is 0 Å². The number of benzene rings is 2. The molecule has 98 valence electrons. The van der Waals surface area contributed by atoms with Gasteiger partial charge in [-0.15, -0.1) is 0 Å². The lowest BCUT2D eigenvalue weighted by Gasteiger charge is -2.15. The first kappa shape index (κ1) is 12.0. The maximum atomic E-state index is 13.8. The first-order valence-corrected chi connectivity index (χ1v) is 6.36. The summed E-state index contributed by atoms with van der Waals surface area (Å²) >= 11 is 0. The molecule has 0 radical (unpaired) electrons. The number of halogens is 1. The quantitative estimate of drug-likeness (QED) is 0.855. The van der Waals surface area contributed by atoms with Crippen molar-refractivity contribution in [2.45, 2.75) is 19.4 Å². The predicted octanol–water partition coefficient (Wildman–Crippen LogP) is 2.88. The van der Waals surface area contributed by atoms with E-state index < -0.39 is 0 Å². The van der Waals surface area contributed by atoms with Gasteiger partial charge in [0, 0.05) is 5.39 Å². The van der Waals surface area contributed by atoms with Gasteiger partial charge in [-0.05, 0) is 30.0 Å². The highest BCUT2D eigenvalue weighted by Crippen LogP contribution is 2.30. The van der Waals surface area contributed by atoms with Crippen molar-refractivity contribution >= 4 is 16.7 Å². The van der Waals surface area contributed by atoms with Crippen LogP contribution in [0, 0.1) is 5.82 Å². The second kappa shape index (κ2) is 4.53. The molecule has 2 aromatic carbocycles. The molecule has 0 spiro atoms. The zero-order valence-electron chi connectivity index (χ0n) is 10.6. The first-order chi connectivity index (χ1) is 9.19. The zero-order chi connectivity index (χ0) is 13.4. The Bertz CT molecular complexity index is 654. The van der Waals surface area contributed by atoms with Crippen molar-refractivity contribution in [2.75, 3.05) is 6.54 Å². The Hall–Kier alpha value is -2.10. The molecule has 1 amide bonds. The van der Waals surface area contributed by atoms with E-state index in [-0.39, 0.29) is 17.8 Å². The van der Waals surface area contributed by atoms with Gasteiger partial charge < -0.3 is 10.1 Å². The lowest BCUT2D eigenvalue weighted by molar-refractivity contribution is 0.0950. The van der Waals surface area contributed by atoms with Gasteiger partial charge >= 0.3 is 0 Å². The molecule has 0 aliphatic carbocycles. The van der Waals surface area contributed by atoms with Crippen LogP contribution in [-0.4, -0.2) is 18.6 Å². The molecule has 19 heavy (non-hydrogen) atoms. The lowest BCUT2D eigenvalue weighted by atomic mass is 10.0. The fourth-order valence-electron chi connectivity index (χ4n) is 2.29. The molecule has 2 aromatic rings. The van der Waals surface area contributed by atoms with Crippen molar-refractivity contribution in [1.82, 2.24) is 5.32 Å². The normalized spacial score (nSPS) is 18.4. The third-order valence-electron chi connectivity index (χ3n) is 3.41. The fraction of sp³-hybridized carbons (Fsp3) is 0.267. The minimum Gasteiger partial charge on any atom is -0.488 e. The summed E-state index contributed by atoms with van der Waals surface area (Å²) in [6.07, 6.45) is 0.761. The van der Waals surface area contributed by atoms with E-state index in [1.165, 1.54) is 6.07 Å². The van der Waals surface area contributed by atoms with E-state index >= 15 is 0 Å². The monoisotopic (exact) mass is 259 g/mol. The van der Waals surface area contributed by atoms with E-state index in [4.69, 9.17) is 4.74 Å². The van der Waals surface area contributed by atoms with E-state index in [1.54, 1.807) is 18.2 Å². The van der Waals surface area contributed by atoms with Crippen molar-refractivity contribution in [3.8, 4) is 5.75 Å². The molecule has 1 aliphatic heterocycles. The number of hydrogen-bond donors (Lipinski definition) is 1. The summed E-state index contributed by atoms with van der Waals surface area (Å²) < 4.78 is 19.6. The molecule has 3 rings (SSSR count). The summed E-state index contributed by atoms with van der Waals surface area (Å²) in [6, 6.07) is 8.15. The van der Waals surface area contributed by atoms with Crippen LogP contribution in [0.2, 0.25) is 0 Å². The largest absolute Gasteiger partial charge is 0.488 e. The van der Waals surface area contributed by atoms with Crippen LogP contribution in [0.3, 0.4) is 0 Å². The molecule has 1 heterocycles.